The van der Waals surface area contributed by atoms with Crippen LogP contribution in [0.5, 0.6) is 5.75 Å². The van der Waals surface area contributed by atoms with Crippen LogP contribution in [0.4, 0.5) is 5.69 Å². The summed E-state index contributed by atoms with van der Waals surface area (Å²) in [6.45, 7) is 3.77. The molecule has 0 spiro atoms. The number of methoxy groups -OCH3 is 1. The Morgan fingerprint density at radius 1 is 0.837 bits per heavy atom. The summed E-state index contributed by atoms with van der Waals surface area (Å²) in [5, 5.41) is 2.87. The number of sulfonamides is 1. The second-order valence-electron chi connectivity index (χ2n) is 10.1. The van der Waals surface area contributed by atoms with Gasteiger partial charge in [-0.15, -0.1) is 0 Å². The highest BCUT2D eigenvalue weighted by Gasteiger charge is 2.34. The Labute approximate surface area is 254 Å². The maximum atomic E-state index is 14.4. The number of ether oxygens (including phenoxy) is 1. The molecule has 1 atom stereocenters. The molecule has 1 N–H and O–H groups in total. The van der Waals surface area contributed by atoms with Crippen molar-refractivity contribution in [3.8, 4) is 5.75 Å². The van der Waals surface area contributed by atoms with Crippen LogP contribution in [0.2, 0.25) is 0 Å². The summed E-state index contributed by atoms with van der Waals surface area (Å²) < 4.78 is 34.5. The van der Waals surface area contributed by atoms with Crippen molar-refractivity contribution in [1.29, 1.82) is 0 Å². The molecule has 0 fully saturated rings. The summed E-state index contributed by atoms with van der Waals surface area (Å²) in [4.78, 5) is 29.4. The molecule has 2 amide bonds. The standard InChI is InChI=1S/C34H37N3O5S/c1-4-35-34(39)32(22-27-12-7-5-8-13-27)36(24-28-20-18-26(2)19-21-28)33(38)25-37(29-14-11-15-30(23-29)42-3)43(40,41)31-16-9-6-10-17-31/h5-21,23,32H,4,22,24-25H2,1-3H3,(H,35,39)/t32-/m0/s1. The molecular formula is C34H37N3O5S. The van der Waals surface area contributed by atoms with E-state index < -0.39 is 28.5 Å². The van der Waals surface area contributed by atoms with Gasteiger partial charge in [0.1, 0.15) is 18.3 Å². The molecule has 8 nitrogen and oxygen atoms in total. The minimum atomic E-state index is -4.17. The molecule has 224 valence electrons. The predicted molar refractivity (Wildman–Crippen MR) is 168 cm³/mol. The normalized spacial score (nSPS) is 11.8. The highest BCUT2D eigenvalue weighted by molar-refractivity contribution is 7.92. The van der Waals surface area contributed by atoms with Gasteiger partial charge in [0.2, 0.25) is 11.8 Å². The molecule has 4 aromatic carbocycles. The van der Waals surface area contributed by atoms with E-state index in [1.807, 2.05) is 68.4 Å². The molecule has 0 aliphatic carbocycles. The predicted octanol–water partition coefficient (Wildman–Crippen LogP) is 4.98. The molecule has 0 aliphatic heterocycles. The average molecular weight is 600 g/mol. The van der Waals surface area contributed by atoms with Crippen molar-refractivity contribution in [1.82, 2.24) is 10.2 Å². The van der Waals surface area contributed by atoms with Gasteiger partial charge < -0.3 is 15.0 Å². The lowest BCUT2D eigenvalue weighted by Gasteiger charge is -2.34. The van der Waals surface area contributed by atoms with Crippen molar-refractivity contribution in [3.63, 3.8) is 0 Å². The number of amides is 2. The second kappa shape index (κ2) is 14.5. The smallest absolute Gasteiger partial charge is 0.264 e. The lowest BCUT2D eigenvalue weighted by atomic mass is 10.0. The largest absolute Gasteiger partial charge is 0.497 e. The number of aryl methyl sites for hydroxylation is 1. The Balaban J connectivity index is 1.79. The highest BCUT2D eigenvalue weighted by Crippen LogP contribution is 2.28. The van der Waals surface area contributed by atoms with Gasteiger partial charge in [-0.1, -0.05) is 84.4 Å². The van der Waals surface area contributed by atoms with Crippen LogP contribution in [0.1, 0.15) is 23.6 Å². The van der Waals surface area contributed by atoms with Gasteiger partial charge in [-0.3, -0.25) is 13.9 Å². The first-order chi connectivity index (χ1) is 20.7. The van der Waals surface area contributed by atoms with Crippen LogP contribution in [0, 0.1) is 6.92 Å². The van der Waals surface area contributed by atoms with E-state index >= 15 is 0 Å². The third-order valence-electron chi connectivity index (χ3n) is 7.05. The van der Waals surface area contributed by atoms with Crippen molar-refractivity contribution in [2.45, 2.75) is 37.8 Å². The summed E-state index contributed by atoms with van der Waals surface area (Å²) in [7, 11) is -2.68. The monoisotopic (exact) mass is 599 g/mol. The zero-order chi connectivity index (χ0) is 30.8. The van der Waals surface area contributed by atoms with Crippen LogP contribution < -0.4 is 14.4 Å². The molecule has 0 bridgehead atoms. The lowest BCUT2D eigenvalue weighted by Crippen LogP contribution is -2.53. The first kappa shape index (κ1) is 31.3. The molecule has 0 radical (unpaired) electrons. The van der Waals surface area contributed by atoms with Crippen molar-refractivity contribution in [2.75, 3.05) is 24.5 Å². The van der Waals surface area contributed by atoms with Gasteiger partial charge in [0, 0.05) is 25.6 Å². The number of likely N-dealkylation sites (N-methyl/N-ethyl adjacent to an activating group) is 1. The van der Waals surface area contributed by atoms with E-state index in [2.05, 4.69) is 5.32 Å². The number of anilines is 1. The number of benzene rings is 4. The number of hydrogen-bond acceptors (Lipinski definition) is 5. The van der Waals surface area contributed by atoms with E-state index in [0.717, 1.165) is 21.0 Å². The minimum Gasteiger partial charge on any atom is -0.497 e. The lowest BCUT2D eigenvalue weighted by molar-refractivity contribution is -0.140. The molecule has 0 aliphatic rings. The van der Waals surface area contributed by atoms with Gasteiger partial charge in [0.15, 0.2) is 0 Å². The molecule has 4 aromatic rings. The molecule has 0 aromatic heterocycles. The Kier molecular flexibility index (Phi) is 10.6. The third-order valence-corrected chi connectivity index (χ3v) is 8.84. The molecule has 9 heteroatoms. The van der Waals surface area contributed by atoms with Crippen molar-refractivity contribution >= 4 is 27.5 Å². The number of nitrogens with one attached hydrogen (secondary N) is 1. The number of carbonyl (C=O) groups excluding carboxylic acids is 2. The summed E-state index contributed by atoms with van der Waals surface area (Å²) >= 11 is 0. The van der Waals surface area contributed by atoms with Gasteiger partial charge in [-0.05, 0) is 49.2 Å². The molecular weight excluding hydrogens is 562 g/mol. The molecule has 0 heterocycles. The maximum Gasteiger partial charge on any atom is 0.264 e. The number of carbonyl (C=O) groups is 2. The highest BCUT2D eigenvalue weighted by atomic mass is 32.2. The summed E-state index contributed by atoms with van der Waals surface area (Å²) in [6.07, 6.45) is 0.259. The third kappa shape index (κ3) is 8.02. The first-order valence-electron chi connectivity index (χ1n) is 14.1. The first-order valence-corrected chi connectivity index (χ1v) is 15.6. The quantitative estimate of drug-likeness (QED) is 0.234. The van der Waals surface area contributed by atoms with E-state index in [9.17, 15) is 18.0 Å². The van der Waals surface area contributed by atoms with Crippen LogP contribution in [-0.2, 0) is 32.6 Å². The Morgan fingerprint density at radius 3 is 2.12 bits per heavy atom. The topological polar surface area (TPSA) is 96.0 Å². The van der Waals surface area contributed by atoms with Crippen LogP contribution in [0.15, 0.2) is 114 Å². The Bertz CT molecular complexity index is 1610. The van der Waals surface area contributed by atoms with Crippen LogP contribution in [0.3, 0.4) is 0 Å². The molecule has 43 heavy (non-hydrogen) atoms. The van der Waals surface area contributed by atoms with E-state index in [0.29, 0.717) is 12.3 Å². The number of rotatable bonds is 13. The van der Waals surface area contributed by atoms with E-state index in [1.165, 1.54) is 24.1 Å². The fourth-order valence-corrected chi connectivity index (χ4v) is 6.18. The Morgan fingerprint density at radius 2 is 1.49 bits per heavy atom. The zero-order valence-corrected chi connectivity index (χ0v) is 25.5. The van der Waals surface area contributed by atoms with Gasteiger partial charge >= 0.3 is 0 Å². The SMILES string of the molecule is CCNC(=O)[C@H](Cc1ccccc1)N(Cc1ccc(C)cc1)C(=O)CN(c1cccc(OC)c1)S(=O)(=O)c1ccccc1. The number of hydrogen-bond donors (Lipinski definition) is 1. The van der Waals surface area contributed by atoms with E-state index in [4.69, 9.17) is 4.74 Å². The van der Waals surface area contributed by atoms with Crippen LogP contribution in [0.25, 0.3) is 0 Å². The summed E-state index contributed by atoms with van der Waals surface area (Å²) in [5.74, 6) is -0.389. The maximum absolute atomic E-state index is 14.4. The average Bonchev–Trinajstić information content (AvgIpc) is 3.03. The second-order valence-corrected chi connectivity index (χ2v) is 12.0. The zero-order valence-electron chi connectivity index (χ0n) is 24.6. The van der Waals surface area contributed by atoms with E-state index in [1.54, 1.807) is 42.5 Å². The van der Waals surface area contributed by atoms with E-state index in [-0.39, 0.29) is 29.5 Å². The Hall–Kier alpha value is -4.63. The number of nitrogens with zero attached hydrogens (tertiary/aromatic N) is 2. The summed E-state index contributed by atoms with van der Waals surface area (Å²) in [6, 6.07) is 30.8. The van der Waals surface area contributed by atoms with Crippen molar-refractivity contribution in [3.05, 3.63) is 126 Å². The minimum absolute atomic E-state index is 0.0419. The van der Waals surface area contributed by atoms with Gasteiger partial charge in [0.25, 0.3) is 10.0 Å². The van der Waals surface area contributed by atoms with Crippen molar-refractivity contribution in [2.24, 2.45) is 0 Å². The van der Waals surface area contributed by atoms with Crippen LogP contribution in [-0.4, -0.2) is 51.4 Å². The fourth-order valence-electron chi connectivity index (χ4n) is 4.75. The van der Waals surface area contributed by atoms with Gasteiger partial charge in [-0.2, -0.15) is 0 Å². The summed E-state index contributed by atoms with van der Waals surface area (Å²) in [5.41, 5.74) is 3.02. The van der Waals surface area contributed by atoms with Gasteiger partial charge in [0.05, 0.1) is 17.7 Å². The van der Waals surface area contributed by atoms with Crippen LogP contribution >= 0.6 is 0 Å². The molecule has 0 saturated carbocycles. The molecule has 0 saturated heterocycles. The van der Waals surface area contributed by atoms with Gasteiger partial charge in [-0.25, -0.2) is 8.42 Å². The molecule has 4 rings (SSSR count). The van der Waals surface area contributed by atoms with Crippen molar-refractivity contribution < 1.29 is 22.7 Å². The fraction of sp³-hybridized carbons (Fsp3) is 0.235. The molecule has 0 unspecified atom stereocenters.